The van der Waals surface area contributed by atoms with Crippen molar-refractivity contribution in [1.29, 1.82) is 0 Å². The van der Waals surface area contributed by atoms with Gasteiger partial charge in [0, 0.05) is 19.0 Å². The van der Waals surface area contributed by atoms with Gasteiger partial charge in [0.2, 0.25) is 0 Å². The van der Waals surface area contributed by atoms with Crippen molar-refractivity contribution in [1.82, 2.24) is 4.90 Å². The van der Waals surface area contributed by atoms with Crippen LogP contribution >= 0.6 is 0 Å². The van der Waals surface area contributed by atoms with Crippen molar-refractivity contribution in [3.05, 3.63) is 0 Å². The average Bonchev–Trinajstić information content (AvgIpc) is 2.38. The van der Waals surface area contributed by atoms with Crippen LogP contribution in [-0.2, 0) is 4.79 Å². The number of rotatable bonds is 2. The highest BCUT2D eigenvalue weighted by Gasteiger charge is 2.52. The van der Waals surface area contributed by atoms with E-state index in [4.69, 9.17) is 10.8 Å². The van der Waals surface area contributed by atoms with E-state index in [2.05, 4.69) is 11.8 Å². The number of hydrogen-bond donors (Lipinski definition) is 2. The maximum absolute atomic E-state index is 11.1. The van der Waals surface area contributed by atoms with Crippen molar-refractivity contribution in [3.8, 4) is 0 Å². The molecule has 1 saturated carbocycles. The number of carboxylic acids is 1. The Balaban J connectivity index is 2.16. The highest BCUT2D eigenvalue weighted by molar-refractivity contribution is 5.79. The summed E-state index contributed by atoms with van der Waals surface area (Å²) in [6, 6.07) is 0. The van der Waals surface area contributed by atoms with Crippen LogP contribution in [0.1, 0.15) is 19.8 Å². The zero-order chi connectivity index (χ0) is 10.3. The van der Waals surface area contributed by atoms with Crippen molar-refractivity contribution in [3.63, 3.8) is 0 Å². The summed E-state index contributed by atoms with van der Waals surface area (Å²) in [5.74, 6) is -0.170. The minimum Gasteiger partial charge on any atom is -0.480 e. The van der Waals surface area contributed by atoms with Gasteiger partial charge in [-0.15, -0.1) is 0 Å². The Morgan fingerprint density at radius 3 is 2.93 bits per heavy atom. The molecule has 1 aliphatic carbocycles. The van der Waals surface area contributed by atoms with E-state index in [1.165, 1.54) is 0 Å². The summed E-state index contributed by atoms with van der Waals surface area (Å²) >= 11 is 0. The van der Waals surface area contributed by atoms with Crippen LogP contribution in [0.5, 0.6) is 0 Å². The number of nitrogens with zero attached hydrogens (tertiary/aromatic N) is 1. The monoisotopic (exact) mass is 198 g/mol. The first kappa shape index (κ1) is 9.93. The second-order valence-corrected chi connectivity index (χ2v) is 4.70. The molecule has 0 aromatic rings. The number of likely N-dealkylation sites (tertiary alicyclic amines) is 1. The number of fused-ring (bicyclic) bond motifs is 2. The van der Waals surface area contributed by atoms with Gasteiger partial charge >= 0.3 is 5.97 Å². The second kappa shape index (κ2) is 3.21. The first-order chi connectivity index (χ1) is 6.56. The van der Waals surface area contributed by atoms with Crippen LogP contribution in [0.15, 0.2) is 0 Å². The molecule has 4 heteroatoms. The van der Waals surface area contributed by atoms with Gasteiger partial charge < -0.3 is 15.7 Å². The van der Waals surface area contributed by atoms with E-state index in [1.54, 1.807) is 0 Å². The predicted molar refractivity (Wildman–Crippen MR) is 52.9 cm³/mol. The Hall–Kier alpha value is -0.610. The summed E-state index contributed by atoms with van der Waals surface area (Å²) in [4.78, 5) is 13.4. The Morgan fingerprint density at radius 2 is 2.36 bits per heavy atom. The molecule has 2 rings (SSSR count). The average molecular weight is 198 g/mol. The summed E-state index contributed by atoms with van der Waals surface area (Å²) in [5.41, 5.74) is 5.03. The number of piperidine rings is 1. The van der Waals surface area contributed by atoms with E-state index in [0.29, 0.717) is 12.3 Å². The van der Waals surface area contributed by atoms with Gasteiger partial charge in [0.25, 0.3) is 0 Å². The second-order valence-electron chi connectivity index (χ2n) is 4.70. The largest absolute Gasteiger partial charge is 0.480 e. The minimum atomic E-state index is -0.950. The van der Waals surface area contributed by atoms with Crippen LogP contribution in [0.3, 0.4) is 0 Å². The SMILES string of the molecule is CCN1CC2CC(C1)C(N)(C(=O)O)C2. The zero-order valence-corrected chi connectivity index (χ0v) is 8.57. The fourth-order valence-corrected chi connectivity index (χ4v) is 2.99. The Bertz CT molecular complexity index is 257. The van der Waals surface area contributed by atoms with E-state index in [0.717, 1.165) is 26.1 Å². The zero-order valence-electron chi connectivity index (χ0n) is 8.57. The van der Waals surface area contributed by atoms with Gasteiger partial charge in [-0.2, -0.15) is 0 Å². The number of aliphatic carboxylic acids is 1. The first-order valence-electron chi connectivity index (χ1n) is 5.31. The molecule has 2 fully saturated rings. The smallest absolute Gasteiger partial charge is 0.324 e. The Morgan fingerprint density at radius 1 is 1.64 bits per heavy atom. The summed E-state index contributed by atoms with van der Waals surface area (Å²) in [7, 11) is 0. The molecule has 0 aromatic carbocycles. The molecule has 0 amide bonds. The number of carbonyl (C=O) groups is 1. The first-order valence-corrected chi connectivity index (χ1v) is 5.31. The lowest BCUT2D eigenvalue weighted by atomic mass is 9.88. The van der Waals surface area contributed by atoms with Crippen molar-refractivity contribution in [2.75, 3.05) is 19.6 Å². The number of hydrogen-bond acceptors (Lipinski definition) is 3. The lowest BCUT2D eigenvalue weighted by Gasteiger charge is -2.33. The van der Waals surface area contributed by atoms with E-state index in [1.807, 2.05) is 0 Å². The van der Waals surface area contributed by atoms with Gasteiger partial charge in [-0.3, -0.25) is 4.79 Å². The molecule has 1 heterocycles. The van der Waals surface area contributed by atoms with Crippen molar-refractivity contribution >= 4 is 5.97 Å². The van der Waals surface area contributed by atoms with E-state index in [-0.39, 0.29) is 5.92 Å². The third-order valence-corrected chi connectivity index (χ3v) is 3.81. The molecule has 3 unspecified atom stereocenters. The predicted octanol–water partition coefficient (Wildman–Crippen LogP) is 0.130. The van der Waals surface area contributed by atoms with Crippen molar-refractivity contribution in [2.45, 2.75) is 25.3 Å². The van der Waals surface area contributed by atoms with Crippen LogP contribution in [0.4, 0.5) is 0 Å². The van der Waals surface area contributed by atoms with Crippen molar-refractivity contribution in [2.24, 2.45) is 17.6 Å². The van der Waals surface area contributed by atoms with Crippen LogP contribution in [0.2, 0.25) is 0 Å². The van der Waals surface area contributed by atoms with E-state index < -0.39 is 11.5 Å². The van der Waals surface area contributed by atoms with Crippen LogP contribution < -0.4 is 5.73 Å². The molecule has 0 aromatic heterocycles. The highest BCUT2D eigenvalue weighted by Crippen LogP contribution is 2.42. The maximum Gasteiger partial charge on any atom is 0.324 e. The van der Waals surface area contributed by atoms with Crippen molar-refractivity contribution < 1.29 is 9.90 Å². The molecule has 3 atom stereocenters. The fourth-order valence-electron chi connectivity index (χ4n) is 2.99. The molecule has 3 N–H and O–H groups in total. The Kier molecular flexibility index (Phi) is 2.27. The fraction of sp³-hybridized carbons (Fsp3) is 0.900. The quantitative estimate of drug-likeness (QED) is 0.662. The third-order valence-electron chi connectivity index (χ3n) is 3.81. The highest BCUT2D eigenvalue weighted by atomic mass is 16.4. The van der Waals surface area contributed by atoms with Gasteiger partial charge in [0.05, 0.1) is 0 Å². The summed E-state index contributed by atoms with van der Waals surface area (Å²) in [5, 5.41) is 9.14. The normalized spacial score (nSPS) is 42.7. The van der Waals surface area contributed by atoms with Gasteiger partial charge in [-0.1, -0.05) is 6.92 Å². The van der Waals surface area contributed by atoms with E-state index >= 15 is 0 Å². The van der Waals surface area contributed by atoms with Gasteiger partial charge in [-0.25, -0.2) is 0 Å². The van der Waals surface area contributed by atoms with Crippen LogP contribution in [-0.4, -0.2) is 41.1 Å². The van der Waals surface area contributed by atoms with Crippen LogP contribution in [0, 0.1) is 11.8 Å². The lowest BCUT2D eigenvalue weighted by Crippen LogP contribution is -2.53. The Labute approximate surface area is 84.1 Å². The molecule has 2 bridgehead atoms. The molecule has 1 aliphatic heterocycles. The minimum absolute atomic E-state index is 0.152. The molecule has 4 nitrogen and oxygen atoms in total. The van der Waals surface area contributed by atoms with Crippen LogP contribution in [0.25, 0.3) is 0 Å². The molecule has 14 heavy (non-hydrogen) atoms. The van der Waals surface area contributed by atoms with E-state index in [9.17, 15) is 4.79 Å². The third kappa shape index (κ3) is 1.33. The molecule has 0 radical (unpaired) electrons. The van der Waals surface area contributed by atoms with Gasteiger partial charge in [0.15, 0.2) is 0 Å². The molecule has 1 saturated heterocycles. The van der Waals surface area contributed by atoms with Gasteiger partial charge in [-0.05, 0) is 25.3 Å². The topological polar surface area (TPSA) is 66.6 Å². The molecule has 80 valence electrons. The molecular weight excluding hydrogens is 180 g/mol. The molecule has 0 spiro atoms. The number of nitrogens with two attached hydrogens (primary N) is 1. The standard InChI is InChI=1S/C10H18N2O2/c1-2-12-5-7-3-8(6-12)10(11,4-7)9(13)14/h7-8H,2-6,11H2,1H3,(H,13,14). The van der Waals surface area contributed by atoms with Gasteiger partial charge in [0.1, 0.15) is 5.54 Å². The number of carboxylic acid groups (broad SMARTS) is 1. The maximum atomic E-state index is 11.1. The summed E-state index contributed by atoms with van der Waals surface area (Å²) in [6.45, 7) is 5.00. The molecule has 2 aliphatic rings. The lowest BCUT2D eigenvalue weighted by molar-refractivity contribution is -0.144. The summed E-state index contributed by atoms with van der Waals surface area (Å²) < 4.78 is 0. The molecular formula is C10H18N2O2. The summed E-state index contributed by atoms with van der Waals surface area (Å²) in [6.07, 6.45) is 1.66.